The van der Waals surface area contributed by atoms with E-state index in [-0.39, 0.29) is 40.2 Å². The number of pyridine rings is 4. The minimum absolute atomic E-state index is 0. The molecular formula is C79H98F3Ir2N4O5SSi4-3. The van der Waals surface area contributed by atoms with E-state index in [0.29, 0.717) is 11.8 Å². The van der Waals surface area contributed by atoms with Crippen LogP contribution in [-0.2, 0) is 63.2 Å². The Balaban J connectivity index is 0.000000419. The Hall–Kier alpha value is -6.29. The van der Waals surface area contributed by atoms with Crippen molar-refractivity contribution in [2.24, 2.45) is 11.8 Å². The van der Waals surface area contributed by atoms with Crippen LogP contribution in [0, 0.1) is 30.0 Å². The van der Waals surface area contributed by atoms with E-state index in [1.165, 1.54) is 59.7 Å². The molecule has 0 aliphatic heterocycles. The number of nitrogens with zero attached hydrogens (tertiary/aromatic N) is 4. The number of aliphatic hydroxyl groups is 2. The molecule has 0 atom stereocenters. The number of benzene rings is 6. The fourth-order valence-electron chi connectivity index (χ4n) is 10.2. The topological polar surface area (TPSA) is 146 Å². The fraction of sp³-hybridized carbons (Fsp3) is 0.291. The van der Waals surface area contributed by atoms with E-state index < -0.39 is 47.9 Å². The zero-order chi connectivity index (χ0) is 71.7. The first-order valence-corrected chi connectivity index (χ1v) is 47.6. The molecule has 19 heteroatoms. The van der Waals surface area contributed by atoms with Crippen molar-refractivity contribution in [2.75, 3.05) is 14.2 Å². The van der Waals surface area contributed by atoms with Gasteiger partial charge in [0, 0.05) is 84.8 Å². The molecule has 528 valence electrons. The first kappa shape index (κ1) is 87.8. The van der Waals surface area contributed by atoms with Gasteiger partial charge < -0.3 is 25.2 Å². The van der Waals surface area contributed by atoms with Crippen LogP contribution in [0.5, 0.6) is 0 Å². The number of alkyl halides is 3. The van der Waals surface area contributed by atoms with Crippen LogP contribution < -0.4 is 20.7 Å². The predicted octanol–water partition coefficient (Wildman–Crippen LogP) is 17.9. The molecule has 10 rings (SSSR count). The molecule has 0 aliphatic rings. The number of aliphatic hydroxyl groups excluding tert-OH is 2. The van der Waals surface area contributed by atoms with Crippen LogP contribution in [0.25, 0.3) is 67.3 Å². The Morgan fingerprint density at radius 1 is 0.388 bits per heavy atom. The number of rotatable bonds is 14. The first-order chi connectivity index (χ1) is 45.1. The maximum absolute atomic E-state index is 10.7. The molecule has 6 aromatic carbocycles. The summed E-state index contributed by atoms with van der Waals surface area (Å²) < 4.78 is 57.5. The third-order valence-corrected chi connectivity index (χ3v) is 23.5. The van der Waals surface area contributed by atoms with Crippen molar-refractivity contribution >= 4 is 63.2 Å². The molecule has 0 spiro atoms. The molecule has 0 saturated heterocycles. The molecule has 0 amide bonds. The summed E-state index contributed by atoms with van der Waals surface area (Å²) in [6.07, 6.45) is 10.6. The van der Waals surface area contributed by atoms with Crippen molar-refractivity contribution in [2.45, 2.75) is 125 Å². The molecule has 4 heterocycles. The molecule has 0 aliphatic carbocycles. The van der Waals surface area contributed by atoms with Gasteiger partial charge in [0.15, 0.2) is 0 Å². The maximum Gasteiger partial charge on any atom is 0.522 e. The smallest absolute Gasteiger partial charge is 0.400 e. The molecule has 0 fully saturated rings. The van der Waals surface area contributed by atoms with E-state index in [0.717, 1.165) is 66.5 Å². The van der Waals surface area contributed by atoms with Gasteiger partial charge in [-0.3, -0.25) is 9.54 Å². The summed E-state index contributed by atoms with van der Waals surface area (Å²) in [5.41, 5.74) is 11.1. The van der Waals surface area contributed by atoms with Gasteiger partial charge in [0.1, 0.15) is 0 Å². The molecule has 9 nitrogen and oxygen atoms in total. The standard InChI is InChI=1S/C20H21NSi.C20H20NSi.2C18H24NSi.CHF3O3S.2CH4O.2Ir/c2*1-22(2,3)20-15-21-19(17-12-8-5-9-13-17)14-18(20)16-10-6-4-7-11-16;2*1-14(2)11-16-12-17(15-9-7-6-8-10-15)19-13-18(16)20(3,4)5;2-1(3,4)8(5,6)7;2*1-2;;/h4-15H,1-3H3;4-12,14-15H,1-3H3;2*6-9,12-14H,11H2,1-5H3;(H,5,6,7);2*2H,1H3;;/q;3*-1;;;;;. The molecular weight excluding hydrogens is 1670 g/mol. The van der Waals surface area contributed by atoms with Crippen LogP contribution in [0.15, 0.2) is 213 Å². The van der Waals surface area contributed by atoms with Gasteiger partial charge in [0.2, 0.25) is 0 Å². The largest absolute Gasteiger partial charge is 0.522 e. The summed E-state index contributed by atoms with van der Waals surface area (Å²) in [4.78, 5) is 18.8. The summed E-state index contributed by atoms with van der Waals surface area (Å²) in [7, 11) is -9.43. The molecule has 3 N–H and O–H groups in total. The summed E-state index contributed by atoms with van der Waals surface area (Å²) in [6, 6.07) is 74.6. The Morgan fingerprint density at radius 2 is 0.633 bits per heavy atom. The van der Waals surface area contributed by atoms with Gasteiger partial charge >= 0.3 is 15.6 Å². The van der Waals surface area contributed by atoms with E-state index in [2.05, 4.69) is 287 Å². The third-order valence-electron chi connectivity index (χ3n) is 14.8. The number of hydrogen-bond donors (Lipinski definition) is 3. The summed E-state index contributed by atoms with van der Waals surface area (Å²) >= 11 is 0. The Kier molecular flexibility index (Phi) is 36.6. The van der Waals surface area contributed by atoms with E-state index >= 15 is 0 Å². The van der Waals surface area contributed by atoms with Crippen LogP contribution in [0.3, 0.4) is 0 Å². The van der Waals surface area contributed by atoms with Gasteiger partial charge in [-0.1, -0.05) is 227 Å². The van der Waals surface area contributed by atoms with Crippen molar-refractivity contribution in [3.05, 3.63) is 242 Å². The zero-order valence-electron chi connectivity index (χ0n) is 59.9. The van der Waals surface area contributed by atoms with E-state index in [1.54, 1.807) is 0 Å². The number of aromatic nitrogens is 4. The van der Waals surface area contributed by atoms with E-state index in [1.807, 2.05) is 60.7 Å². The van der Waals surface area contributed by atoms with Crippen molar-refractivity contribution in [3.63, 3.8) is 0 Å². The van der Waals surface area contributed by atoms with Gasteiger partial charge in [0.25, 0.3) is 0 Å². The van der Waals surface area contributed by atoms with E-state index in [4.69, 9.17) is 33.2 Å². The minimum atomic E-state index is -5.84. The summed E-state index contributed by atoms with van der Waals surface area (Å²) in [6.45, 7) is 37.7. The quantitative estimate of drug-likeness (QED) is 0.0419. The van der Waals surface area contributed by atoms with Gasteiger partial charge in [-0.05, 0) is 90.8 Å². The SMILES string of the molecule is CC(C)Cc1cc(-c2[c-]cccc2)ncc1[Si](C)(C)C.CC(C)Cc1cc(-c2[c-]cccc2)ncc1[Si](C)(C)C.CO.CO.C[Si](C)(C)c1cnc(-c2[c-]cccc2)cc1-c1ccccc1.C[Si](C)(C)c1cnc(-c2ccccc2)cc1-c1ccccc1.O=S(=O)(O)C(F)(F)F.[Ir].[Ir]. The first-order valence-electron chi connectivity index (χ1n) is 32.1. The molecule has 2 radical (unpaired) electrons. The Labute approximate surface area is 614 Å². The van der Waals surface area contributed by atoms with Crippen LogP contribution in [0.4, 0.5) is 13.2 Å². The molecule has 0 saturated carbocycles. The molecule has 4 aromatic heterocycles. The van der Waals surface area contributed by atoms with Crippen molar-refractivity contribution < 1.29 is 76.6 Å². The molecule has 0 unspecified atom stereocenters. The normalized spacial score (nSPS) is 11.2. The second-order valence-corrected chi connectivity index (χ2v) is 49.3. The number of hydrogen-bond acceptors (Lipinski definition) is 8. The average molecular weight is 1770 g/mol. The minimum Gasteiger partial charge on any atom is -0.400 e. The van der Waals surface area contributed by atoms with Gasteiger partial charge in [-0.2, -0.15) is 21.6 Å². The number of halogens is 3. The third kappa shape index (κ3) is 28.0. The second-order valence-electron chi connectivity index (χ2n) is 27.7. The van der Waals surface area contributed by atoms with Crippen molar-refractivity contribution in [1.82, 2.24) is 19.9 Å². The Bertz CT molecular complexity index is 3810. The summed E-state index contributed by atoms with van der Waals surface area (Å²) in [5, 5.41) is 19.8. The average Bonchev–Trinajstić information content (AvgIpc) is 0.813. The van der Waals surface area contributed by atoms with Gasteiger partial charge in [-0.25, -0.2) is 0 Å². The van der Waals surface area contributed by atoms with Crippen LogP contribution in [0.2, 0.25) is 78.6 Å². The van der Waals surface area contributed by atoms with Crippen LogP contribution in [0.1, 0.15) is 38.8 Å². The zero-order valence-corrected chi connectivity index (χ0v) is 69.5. The maximum atomic E-state index is 10.7. The van der Waals surface area contributed by atoms with Crippen molar-refractivity contribution in [3.8, 4) is 67.3 Å². The summed E-state index contributed by atoms with van der Waals surface area (Å²) in [5.74, 6) is 1.33. The molecule has 98 heavy (non-hydrogen) atoms. The van der Waals surface area contributed by atoms with E-state index in [9.17, 15) is 13.2 Å². The van der Waals surface area contributed by atoms with Gasteiger partial charge in [0.05, 0.1) is 38.0 Å². The van der Waals surface area contributed by atoms with Crippen molar-refractivity contribution in [1.29, 1.82) is 0 Å². The second kappa shape index (κ2) is 40.8. The molecule has 0 bridgehead atoms. The van der Waals surface area contributed by atoms with Crippen LogP contribution in [-0.4, -0.2) is 95.1 Å². The molecule has 10 aromatic rings. The Morgan fingerprint density at radius 3 is 0.888 bits per heavy atom. The monoisotopic (exact) mass is 1770 g/mol. The van der Waals surface area contributed by atoms with Crippen LogP contribution >= 0.6 is 0 Å². The fourth-order valence-corrected chi connectivity index (χ4v) is 16.4. The predicted molar refractivity (Wildman–Crippen MR) is 409 cm³/mol. The van der Waals surface area contributed by atoms with Gasteiger partial charge in [-0.15, -0.1) is 108 Å².